The molecule has 15 heavy (non-hydrogen) atoms. The lowest BCUT2D eigenvalue weighted by Gasteiger charge is -2.15. The van der Waals surface area contributed by atoms with Crippen LogP contribution in [0.25, 0.3) is 0 Å². The highest BCUT2D eigenvalue weighted by atomic mass is 14.9. The Labute approximate surface area is 91.2 Å². The smallest absolute Gasteiger partial charge is 0.148 e. The van der Waals surface area contributed by atoms with Crippen molar-refractivity contribution in [2.45, 2.75) is 46.0 Å². The second-order valence-corrected chi connectivity index (χ2v) is 4.31. The van der Waals surface area contributed by atoms with Gasteiger partial charge in [-0.15, -0.1) is 0 Å². The molecule has 0 aliphatic heterocycles. The Hall–Kier alpha value is -1.43. The Kier molecular flexibility index (Phi) is 3.41. The molecular formula is C12H17N3. The molecule has 0 saturated heterocycles. The highest BCUT2D eigenvalue weighted by Gasteiger charge is 2.23. The van der Waals surface area contributed by atoms with Gasteiger partial charge in [-0.3, -0.25) is 0 Å². The zero-order chi connectivity index (χ0) is 11.5. The van der Waals surface area contributed by atoms with E-state index in [0.29, 0.717) is 5.82 Å². The second-order valence-electron chi connectivity index (χ2n) is 4.31. The van der Waals surface area contributed by atoms with Gasteiger partial charge in [-0.1, -0.05) is 13.3 Å². The van der Waals surface area contributed by atoms with Gasteiger partial charge in [0.15, 0.2) is 0 Å². The van der Waals surface area contributed by atoms with E-state index in [1.165, 1.54) is 0 Å². The predicted octanol–water partition coefficient (Wildman–Crippen LogP) is 2.54. The van der Waals surface area contributed by atoms with Gasteiger partial charge in [0.2, 0.25) is 0 Å². The molecular weight excluding hydrogens is 186 g/mol. The first kappa shape index (κ1) is 11.6. The normalized spacial score (nSPS) is 11.1. The summed E-state index contributed by atoms with van der Waals surface area (Å²) in [5.74, 6) is 0.633. The minimum absolute atomic E-state index is 0.603. The summed E-state index contributed by atoms with van der Waals surface area (Å²) in [5, 5.41) is 9.03. The molecule has 3 heteroatoms. The van der Waals surface area contributed by atoms with Gasteiger partial charge in [-0.05, 0) is 33.3 Å². The van der Waals surface area contributed by atoms with Crippen molar-refractivity contribution < 1.29 is 0 Å². The van der Waals surface area contributed by atoms with Crippen LogP contribution in [0.2, 0.25) is 0 Å². The number of nitrogens with zero attached hydrogens (tertiary/aromatic N) is 3. The highest BCUT2D eigenvalue weighted by molar-refractivity contribution is 5.20. The molecule has 1 heterocycles. The first-order valence-electron chi connectivity index (χ1n) is 5.26. The molecule has 1 rings (SSSR count). The van der Waals surface area contributed by atoms with Crippen LogP contribution in [0.4, 0.5) is 0 Å². The maximum Gasteiger partial charge on any atom is 0.148 e. The molecule has 0 radical (unpaired) electrons. The number of nitriles is 1. The highest BCUT2D eigenvalue weighted by Crippen LogP contribution is 2.19. The third-order valence-electron chi connectivity index (χ3n) is 2.25. The maximum atomic E-state index is 9.03. The Morgan fingerprint density at radius 3 is 2.60 bits per heavy atom. The summed E-state index contributed by atoms with van der Waals surface area (Å²) in [5.41, 5.74) is 1.37. The molecule has 1 aromatic heterocycles. The second kappa shape index (κ2) is 4.39. The van der Waals surface area contributed by atoms with Gasteiger partial charge in [0, 0.05) is 11.4 Å². The molecule has 80 valence electrons. The van der Waals surface area contributed by atoms with Crippen LogP contribution in [-0.2, 0) is 11.8 Å². The van der Waals surface area contributed by atoms with Crippen molar-refractivity contribution in [3.8, 4) is 6.07 Å². The minimum atomic E-state index is -0.603. The van der Waals surface area contributed by atoms with Crippen LogP contribution in [-0.4, -0.2) is 9.97 Å². The molecule has 1 aromatic rings. The molecule has 0 aromatic carbocycles. The monoisotopic (exact) mass is 203 g/mol. The molecule has 0 N–H and O–H groups in total. The Balaban J connectivity index is 3.15. The number of rotatable bonds is 3. The molecule has 0 atom stereocenters. The maximum absolute atomic E-state index is 9.03. The van der Waals surface area contributed by atoms with Gasteiger partial charge < -0.3 is 0 Å². The SMILES string of the molecule is CCCc1cc(C)nc(C(C)(C)C#N)n1. The van der Waals surface area contributed by atoms with Crippen molar-refractivity contribution in [2.75, 3.05) is 0 Å². The largest absolute Gasteiger partial charge is 0.237 e. The van der Waals surface area contributed by atoms with E-state index in [4.69, 9.17) is 5.26 Å². The fourth-order valence-electron chi connectivity index (χ4n) is 1.35. The van der Waals surface area contributed by atoms with Crippen molar-refractivity contribution >= 4 is 0 Å². The molecule has 0 bridgehead atoms. The van der Waals surface area contributed by atoms with Gasteiger partial charge in [-0.25, -0.2) is 9.97 Å². The number of aromatic nitrogens is 2. The van der Waals surface area contributed by atoms with Crippen LogP contribution in [0.15, 0.2) is 6.07 Å². The van der Waals surface area contributed by atoms with E-state index in [1.807, 2.05) is 26.8 Å². The van der Waals surface area contributed by atoms with E-state index >= 15 is 0 Å². The first-order chi connectivity index (χ1) is 6.99. The molecule has 0 fully saturated rings. The van der Waals surface area contributed by atoms with Crippen molar-refractivity contribution in [1.82, 2.24) is 9.97 Å². The van der Waals surface area contributed by atoms with Gasteiger partial charge >= 0.3 is 0 Å². The summed E-state index contributed by atoms with van der Waals surface area (Å²) in [6, 6.07) is 4.22. The molecule has 3 nitrogen and oxygen atoms in total. The van der Waals surface area contributed by atoms with Crippen molar-refractivity contribution in [1.29, 1.82) is 5.26 Å². The van der Waals surface area contributed by atoms with Crippen molar-refractivity contribution in [2.24, 2.45) is 0 Å². The van der Waals surface area contributed by atoms with Crippen LogP contribution in [0, 0.1) is 18.3 Å². The van der Waals surface area contributed by atoms with E-state index in [0.717, 1.165) is 24.2 Å². The molecule has 0 unspecified atom stereocenters. The fourth-order valence-corrected chi connectivity index (χ4v) is 1.35. The van der Waals surface area contributed by atoms with Gasteiger partial charge in [0.05, 0.1) is 6.07 Å². The zero-order valence-electron chi connectivity index (χ0n) is 9.83. The van der Waals surface area contributed by atoms with Crippen molar-refractivity contribution in [3.63, 3.8) is 0 Å². The summed E-state index contributed by atoms with van der Waals surface area (Å²) in [6.45, 7) is 7.75. The van der Waals surface area contributed by atoms with E-state index < -0.39 is 5.41 Å². The number of hydrogen-bond acceptors (Lipinski definition) is 3. The molecule has 0 amide bonds. The average Bonchev–Trinajstić information content (AvgIpc) is 2.17. The Morgan fingerprint density at radius 1 is 1.40 bits per heavy atom. The lowest BCUT2D eigenvalue weighted by Crippen LogP contribution is -2.19. The van der Waals surface area contributed by atoms with Crippen LogP contribution in [0.1, 0.15) is 44.4 Å². The first-order valence-corrected chi connectivity index (χ1v) is 5.26. The van der Waals surface area contributed by atoms with Crippen LogP contribution >= 0.6 is 0 Å². The number of aryl methyl sites for hydroxylation is 2. The Bertz CT molecular complexity index is 388. The predicted molar refractivity (Wildman–Crippen MR) is 59.4 cm³/mol. The summed E-state index contributed by atoms with van der Waals surface area (Å²) in [7, 11) is 0. The summed E-state index contributed by atoms with van der Waals surface area (Å²) >= 11 is 0. The fraction of sp³-hybridized carbons (Fsp3) is 0.583. The lowest BCUT2D eigenvalue weighted by atomic mass is 9.94. The van der Waals surface area contributed by atoms with Gasteiger partial charge in [0.25, 0.3) is 0 Å². The third-order valence-corrected chi connectivity index (χ3v) is 2.25. The van der Waals surface area contributed by atoms with E-state index in [-0.39, 0.29) is 0 Å². The number of hydrogen-bond donors (Lipinski definition) is 0. The van der Waals surface area contributed by atoms with Crippen molar-refractivity contribution in [3.05, 3.63) is 23.3 Å². The molecule has 0 spiro atoms. The van der Waals surface area contributed by atoms with Gasteiger partial charge in [-0.2, -0.15) is 5.26 Å². The average molecular weight is 203 g/mol. The van der Waals surface area contributed by atoms with Crippen LogP contribution in [0.5, 0.6) is 0 Å². The minimum Gasteiger partial charge on any atom is -0.237 e. The third kappa shape index (κ3) is 2.76. The quantitative estimate of drug-likeness (QED) is 0.758. The van der Waals surface area contributed by atoms with E-state index in [1.54, 1.807) is 0 Å². The standard InChI is InChI=1S/C12H17N3/c1-5-6-10-7-9(2)14-11(15-10)12(3,4)8-13/h7H,5-6H2,1-4H3. The summed E-state index contributed by atoms with van der Waals surface area (Å²) in [4.78, 5) is 8.76. The van der Waals surface area contributed by atoms with Crippen LogP contribution in [0.3, 0.4) is 0 Å². The topological polar surface area (TPSA) is 49.6 Å². The van der Waals surface area contributed by atoms with Crippen LogP contribution < -0.4 is 0 Å². The summed E-state index contributed by atoms with van der Waals surface area (Å²) < 4.78 is 0. The van der Waals surface area contributed by atoms with E-state index in [9.17, 15) is 0 Å². The molecule has 0 aliphatic rings. The lowest BCUT2D eigenvalue weighted by molar-refractivity contribution is 0.617. The van der Waals surface area contributed by atoms with E-state index in [2.05, 4.69) is 23.0 Å². The molecule has 0 aliphatic carbocycles. The summed E-state index contributed by atoms with van der Waals surface area (Å²) in [6.07, 6.45) is 2.00. The van der Waals surface area contributed by atoms with Gasteiger partial charge in [0.1, 0.15) is 11.2 Å². The molecule has 0 saturated carbocycles. The Morgan fingerprint density at radius 2 is 2.07 bits per heavy atom. The zero-order valence-corrected chi connectivity index (χ0v) is 9.83.